The predicted molar refractivity (Wildman–Crippen MR) is 76.4 cm³/mol. The average molecular weight is 284 g/mol. The molecule has 0 aromatic heterocycles. The van der Waals surface area contributed by atoms with Crippen LogP contribution in [0.2, 0.25) is 5.02 Å². The number of carbonyl (C=O) groups excluding carboxylic acids is 2. The van der Waals surface area contributed by atoms with Crippen LogP contribution < -0.4 is 11.1 Å². The molecular formula is C13H18ClN3O2. The van der Waals surface area contributed by atoms with Crippen molar-refractivity contribution in [1.82, 2.24) is 4.90 Å². The number of amides is 2. The van der Waals surface area contributed by atoms with Crippen LogP contribution >= 0.6 is 11.6 Å². The van der Waals surface area contributed by atoms with Crippen LogP contribution in [0.25, 0.3) is 0 Å². The number of nitrogens with zero attached hydrogens (tertiary/aromatic N) is 1. The van der Waals surface area contributed by atoms with Crippen LogP contribution in [0.15, 0.2) is 18.2 Å². The van der Waals surface area contributed by atoms with E-state index in [0.29, 0.717) is 16.3 Å². The molecule has 0 heterocycles. The summed E-state index contributed by atoms with van der Waals surface area (Å²) in [5.41, 5.74) is 6.43. The second kappa shape index (κ2) is 6.54. The molecule has 3 N–H and O–H groups in total. The van der Waals surface area contributed by atoms with Crippen molar-refractivity contribution in [3.8, 4) is 0 Å². The first-order valence-electron chi connectivity index (χ1n) is 5.88. The van der Waals surface area contributed by atoms with Crippen LogP contribution in [-0.4, -0.2) is 36.9 Å². The minimum atomic E-state index is -0.231. The van der Waals surface area contributed by atoms with Crippen LogP contribution in [0.3, 0.4) is 0 Å². The van der Waals surface area contributed by atoms with E-state index in [-0.39, 0.29) is 24.3 Å². The van der Waals surface area contributed by atoms with Crippen molar-refractivity contribution >= 4 is 29.1 Å². The molecule has 0 spiro atoms. The molecule has 1 rings (SSSR count). The summed E-state index contributed by atoms with van der Waals surface area (Å²) in [5, 5.41) is 3.04. The van der Waals surface area contributed by atoms with Crippen LogP contribution in [0.5, 0.6) is 0 Å². The predicted octanol–water partition coefficient (Wildman–Crippen LogP) is 1.72. The van der Waals surface area contributed by atoms with E-state index in [0.717, 1.165) is 0 Å². The summed E-state index contributed by atoms with van der Waals surface area (Å²) in [4.78, 5) is 24.9. The van der Waals surface area contributed by atoms with E-state index in [1.807, 2.05) is 0 Å². The Hall–Kier alpha value is -1.59. The summed E-state index contributed by atoms with van der Waals surface area (Å²) in [5.74, 6) is -0.384. The molecule has 104 valence electrons. The largest absolute Gasteiger partial charge is 0.345 e. The van der Waals surface area contributed by atoms with E-state index in [1.165, 1.54) is 4.90 Å². The molecule has 0 radical (unpaired) electrons. The lowest BCUT2D eigenvalue weighted by molar-refractivity contribution is -0.116. The molecule has 0 aliphatic carbocycles. The minimum absolute atomic E-state index is 0.153. The molecule has 2 amide bonds. The van der Waals surface area contributed by atoms with Crippen molar-refractivity contribution in [1.29, 1.82) is 0 Å². The number of benzene rings is 1. The Balaban J connectivity index is 2.92. The summed E-state index contributed by atoms with van der Waals surface area (Å²) >= 11 is 5.99. The van der Waals surface area contributed by atoms with Gasteiger partial charge in [0.05, 0.1) is 10.7 Å². The van der Waals surface area contributed by atoms with Gasteiger partial charge in [-0.15, -0.1) is 0 Å². The maximum atomic E-state index is 11.8. The minimum Gasteiger partial charge on any atom is -0.345 e. The monoisotopic (exact) mass is 283 g/mol. The summed E-state index contributed by atoms with van der Waals surface area (Å²) in [6.07, 6.45) is 0.197. The zero-order valence-corrected chi connectivity index (χ0v) is 12.0. The number of carbonyl (C=O) groups is 2. The van der Waals surface area contributed by atoms with E-state index in [9.17, 15) is 9.59 Å². The summed E-state index contributed by atoms with van der Waals surface area (Å²) in [6.45, 7) is 1.74. The fraction of sp³-hybridized carbons (Fsp3) is 0.385. The quantitative estimate of drug-likeness (QED) is 0.883. The number of nitrogens with one attached hydrogen (secondary N) is 1. The number of hydrogen-bond donors (Lipinski definition) is 2. The number of hydrogen-bond acceptors (Lipinski definition) is 3. The highest BCUT2D eigenvalue weighted by Crippen LogP contribution is 2.23. The van der Waals surface area contributed by atoms with Crippen molar-refractivity contribution in [2.24, 2.45) is 5.73 Å². The number of rotatable bonds is 4. The van der Waals surface area contributed by atoms with Crippen LogP contribution in [-0.2, 0) is 4.79 Å². The highest BCUT2D eigenvalue weighted by Gasteiger charge is 2.13. The van der Waals surface area contributed by atoms with Gasteiger partial charge in [-0.3, -0.25) is 9.59 Å². The van der Waals surface area contributed by atoms with Crippen molar-refractivity contribution in [3.05, 3.63) is 28.8 Å². The normalized spacial score (nSPS) is 11.8. The lowest BCUT2D eigenvalue weighted by Crippen LogP contribution is -2.24. The van der Waals surface area contributed by atoms with Crippen molar-refractivity contribution < 1.29 is 9.59 Å². The zero-order chi connectivity index (χ0) is 14.6. The maximum Gasteiger partial charge on any atom is 0.253 e. The van der Waals surface area contributed by atoms with Crippen molar-refractivity contribution in [3.63, 3.8) is 0 Å². The maximum absolute atomic E-state index is 11.8. The van der Waals surface area contributed by atoms with Gasteiger partial charge in [-0.1, -0.05) is 11.6 Å². The second-order valence-corrected chi connectivity index (χ2v) is 5.03. The first-order chi connectivity index (χ1) is 8.81. The Labute approximate surface area is 117 Å². The Kier molecular flexibility index (Phi) is 5.32. The molecule has 1 unspecified atom stereocenters. The van der Waals surface area contributed by atoms with Crippen molar-refractivity contribution in [2.75, 3.05) is 19.4 Å². The number of halogens is 1. The molecular weight excluding hydrogens is 266 g/mol. The molecule has 19 heavy (non-hydrogen) atoms. The van der Waals surface area contributed by atoms with Gasteiger partial charge in [0, 0.05) is 32.1 Å². The Morgan fingerprint density at radius 1 is 1.42 bits per heavy atom. The van der Waals surface area contributed by atoms with Gasteiger partial charge in [0.15, 0.2) is 0 Å². The molecule has 1 aromatic carbocycles. The molecule has 1 atom stereocenters. The second-order valence-electron chi connectivity index (χ2n) is 4.62. The van der Waals surface area contributed by atoms with Gasteiger partial charge in [-0.05, 0) is 25.1 Å². The molecule has 5 nitrogen and oxygen atoms in total. The van der Waals surface area contributed by atoms with Gasteiger partial charge in [-0.2, -0.15) is 0 Å². The molecule has 0 saturated heterocycles. The molecule has 0 aliphatic rings. The molecule has 0 bridgehead atoms. The Bertz CT molecular complexity index is 487. The molecule has 0 saturated carbocycles. The molecule has 1 aromatic rings. The van der Waals surface area contributed by atoms with Crippen LogP contribution in [0.4, 0.5) is 5.69 Å². The topological polar surface area (TPSA) is 75.4 Å². The van der Waals surface area contributed by atoms with Gasteiger partial charge in [0.2, 0.25) is 5.91 Å². The number of anilines is 1. The first kappa shape index (κ1) is 15.5. The third-order valence-electron chi connectivity index (χ3n) is 2.40. The Morgan fingerprint density at radius 3 is 2.58 bits per heavy atom. The van der Waals surface area contributed by atoms with Gasteiger partial charge in [0.1, 0.15) is 0 Å². The molecule has 0 aliphatic heterocycles. The smallest absolute Gasteiger partial charge is 0.253 e. The first-order valence-corrected chi connectivity index (χ1v) is 6.25. The van der Waals surface area contributed by atoms with Crippen LogP contribution in [0.1, 0.15) is 23.7 Å². The third kappa shape index (κ3) is 4.54. The van der Waals surface area contributed by atoms with Gasteiger partial charge < -0.3 is 16.0 Å². The van der Waals surface area contributed by atoms with E-state index in [1.54, 1.807) is 39.2 Å². The SMILES string of the molecule is CC(N)CC(=O)Nc1cc(C(=O)N(C)C)ccc1Cl. The third-order valence-corrected chi connectivity index (χ3v) is 2.73. The highest BCUT2D eigenvalue weighted by molar-refractivity contribution is 6.33. The van der Waals surface area contributed by atoms with E-state index < -0.39 is 0 Å². The van der Waals surface area contributed by atoms with E-state index in [4.69, 9.17) is 17.3 Å². The van der Waals surface area contributed by atoms with E-state index in [2.05, 4.69) is 5.32 Å². The number of nitrogens with two attached hydrogens (primary N) is 1. The Morgan fingerprint density at radius 2 is 2.05 bits per heavy atom. The summed E-state index contributed by atoms with van der Waals surface area (Å²) < 4.78 is 0. The summed E-state index contributed by atoms with van der Waals surface area (Å²) in [7, 11) is 3.32. The standard InChI is InChI=1S/C13H18ClN3O2/c1-8(15)6-12(18)16-11-7-9(4-5-10(11)14)13(19)17(2)3/h4-5,7-8H,6,15H2,1-3H3,(H,16,18). The van der Waals surface area contributed by atoms with Gasteiger partial charge in [0.25, 0.3) is 5.91 Å². The summed E-state index contributed by atoms with van der Waals surface area (Å²) in [6, 6.07) is 4.53. The average Bonchev–Trinajstić information content (AvgIpc) is 2.29. The lowest BCUT2D eigenvalue weighted by atomic mass is 10.1. The van der Waals surface area contributed by atoms with Crippen molar-refractivity contribution in [2.45, 2.75) is 19.4 Å². The molecule has 6 heteroatoms. The fourth-order valence-corrected chi connectivity index (χ4v) is 1.67. The van der Waals surface area contributed by atoms with E-state index >= 15 is 0 Å². The zero-order valence-electron chi connectivity index (χ0n) is 11.2. The van der Waals surface area contributed by atoms with Gasteiger partial charge >= 0.3 is 0 Å². The van der Waals surface area contributed by atoms with Gasteiger partial charge in [-0.25, -0.2) is 0 Å². The fourth-order valence-electron chi connectivity index (χ4n) is 1.51. The van der Waals surface area contributed by atoms with Crippen LogP contribution in [0, 0.1) is 0 Å². The molecule has 0 fully saturated rings. The highest BCUT2D eigenvalue weighted by atomic mass is 35.5. The lowest BCUT2D eigenvalue weighted by Gasteiger charge is -2.13.